The van der Waals surface area contributed by atoms with Gasteiger partial charge in [-0.2, -0.15) is 0 Å². The predicted molar refractivity (Wildman–Crippen MR) is 132 cm³/mol. The van der Waals surface area contributed by atoms with Crippen LogP contribution in [0.5, 0.6) is 5.75 Å². The van der Waals surface area contributed by atoms with E-state index in [9.17, 15) is 9.59 Å². The molecule has 0 radical (unpaired) electrons. The molecule has 0 aliphatic carbocycles. The van der Waals surface area contributed by atoms with Crippen LogP contribution in [0.1, 0.15) is 26.4 Å². The van der Waals surface area contributed by atoms with Gasteiger partial charge >= 0.3 is 0 Å². The van der Waals surface area contributed by atoms with Crippen molar-refractivity contribution in [1.29, 1.82) is 0 Å². The van der Waals surface area contributed by atoms with Crippen LogP contribution in [0.15, 0.2) is 54.7 Å². The highest BCUT2D eigenvalue weighted by molar-refractivity contribution is 7.14. The smallest absolute Gasteiger partial charge is 0.275 e. The summed E-state index contributed by atoms with van der Waals surface area (Å²) in [5.74, 6) is 0.127. The Morgan fingerprint density at radius 3 is 3.09 bits per heavy atom. The largest absolute Gasteiger partial charge is 0.497 e. The maximum Gasteiger partial charge on any atom is 0.275 e. The molecule has 9 nitrogen and oxygen atoms in total. The van der Waals surface area contributed by atoms with Crippen molar-refractivity contribution >= 4 is 39.7 Å². The molecule has 3 aromatic rings. The van der Waals surface area contributed by atoms with E-state index in [1.54, 1.807) is 35.8 Å². The molecular formula is C24H24N6O3S. The molecule has 0 unspecified atom stereocenters. The summed E-state index contributed by atoms with van der Waals surface area (Å²) < 4.78 is 5.23. The number of methoxy groups -OCH3 is 1. The lowest BCUT2D eigenvalue weighted by Gasteiger charge is -2.34. The summed E-state index contributed by atoms with van der Waals surface area (Å²) >= 11 is 1.26. The van der Waals surface area contributed by atoms with Crippen molar-refractivity contribution in [3.8, 4) is 5.75 Å². The van der Waals surface area contributed by atoms with E-state index in [0.29, 0.717) is 28.7 Å². The minimum atomic E-state index is -0.349. The molecule has 1 atom stereocenters. The number of pyridine rings is 1. The number of nitrogens with one attached hydrogen (secondary N) is 2. The Bertz CT molecular complexity index is 1260. The lowest BCUT2D eigenvalue weighted by atomic mass is 10.1. The first kappa shape index (κ1) is 22.1. The zero-order chi connectivity index (χ0) is 23.7. The Morgan fingerprint density at radius 1 is 1.38 bits per heavy atom. The van der Waals surface area contributed by atoms with Gasteiger partial charge in [0.15, 0.2) is 5.13 Å². The van der Waals surface area contributed by atoms with E-state index in [1.165, 1.54) is 11.3 Å². The fourth-order valence-electron chi connectivity index (χ4n) is 4.15. The first-order chi connectivity index (χ1) is 16.6. The maximum atomic E-state index is 13.0. The SMILES string of the molecule is C=C[C@H]1CN(c2ccncc2NC(=O)c2csc(N3Cc4ccc(OC)cc4C3=O)n2)CCN1. The van der Waals surface area contributed by atoms with Crippen LogP contribution in [-0.2, 0) is 6.54 Å². The molecule has 2 N–H and O–H groups in total. The Labute approximate surface area is 201 Å². The van der Waals surface area contributed by atoms with Crippen molar-refractivity contribution in [3.63, 3.8) is 0 Å². The third-order valence-electron chi connectivity index (χ3n) is 5.95. The molecule has 0 spiro atoms. The molecule has 1 fully saturated rings. The van der Waals surface area contributed by atoms with Gasteiger partial charge in [0.05, 0.1) is 31.2 Å². The number of anilines is 3. The zero-order valence-electron chi connectivity index (χ0n) is 18.7. The molecule has 1 saturated heterocycles. The monoisotopic (exact) mass is 476 g/mol. The van der Waals surface area contributed by atoms with Gasteiger partial charge in [0.1, 0.15) is 11.4 Å². The molecule has 2 aliphatic rings. The number of piperazine rings is 1. The van der Waals surface area contributed by atoms with Crippen LogP contribution in [0, 0.1) is 0 Å². The summed E-state index contributed by atoms with van der Waals surface area (Å²) in [6.07, 6.45) is 5.23. The molecule has 0 saturated carbocycles. The number of hydrogen-bond donors (Lipinski definition) is 2. The number of amides is 2. The molecule has 2 aromatic heterocycles. The quantitative estimate of drug-likeness (QED) is 0.528. The van der Waals surface area contributed by atoms with E-state index in [-0.39, 0.29) is 23.6 Å². The van der Waals surface area contributed by atoms with Crippen molar-refractivity contribution in [1.82, 2.24) is 15.3 Å². The van der Waals surface area contributed by atoms with Crippen LogP contribution in [0.4, 0.5) is 16.5 Å². The number of aromatic nitrogens is 2. The van der Waals surface area contributed by atoms with Crippen LogP contribution in [0.2, 0.25) is 0 Å². The van der Waals surface area contributed by atoms with E-state index >= 15 is 0 Å². The molecule has 2 amide bonds. The molecule has 5 rings (SSSR count). The summed E-state index contributed by atoms with van der Waals surface area (Å²) in [5, 5.41) is 8.47. The summed E-state index contributed by atoms with van der Waals surface area (Å²) in [5.41, 5.74) is 3.26. The average molecular weight is 477 g/mol. The molecule has 34 heavy (non-hydrogen) atoms. The van der Waals surface area contributed by atoms with Gasteiger partial charge in [-0.05, 0) is 23.8 Å². The van der Waals surface area contributed by atoms with E-state index in [0.717, 1.165) is 30.9 Å². The van der Waals surface area contributed by atoms with E-state index in [4.69, 9.17) is 4.74 Å². The average Bonchev–Trinajstić information content (AvgIpc) is 3.49. The van der Waals surface area contributed by atoms with Crippen LogP contribution in [-0.4, -0.2) is 54.6 Å². The van der Waals surface area contributed by atoms with Gasteiger partial charge in [0.25, 0.3) is 11.8 Å². The molecule has 174 valence electrons. The lowest BCUT2D eigenvalue weighted by Crippen LogP contribution is -2.50. The fraction of sp³-hybridized carbons (Fsp3) is 0.250. The van der Waals surface area contributed by atoms with Crippen molar-refractivity contribution in [2.45, 2.75) is 12.6 Å². The number of carbonyl (C=O) groups excluding carboxylic acids is 2. The highest BCUT2D eigenvalue weighted by Crippen LogP contribution is 2.33. The van der Waals surface area contributed by atoms with Crippen LogP contribution in [0.25, 0.3) is 0 Å². The van der Waals surface area contributed by atoms with Crippen LogP contribution < -0.4 is 25.2 Å². The maximum absolute atomic E-state index is 13.0. The second-order valence-corrected chi connectivity index (χ2v) is 8.86. The van der Waals surface area contributed by atoms with Gasteiger partial charge in [-0.1, -0.05) is 12.1 Å². The Hall–Kier alpha value is -3.76. The Kier molecular flexibility index (Phi) is 5.99. The van der Waals surface area contributed by atoms with Gasteiger partial charge < -0.3 is 20.3 Å². The van der Waals surface area contributed by atoms with Crippen LogP contribution >= 0.6 is 11.3 Å². The number of fused-ring (bicyclic) bond motifs is 1. The highest BCUT2D eigenvalue weighted by atomic mass is 32.1. The third-order valence-corrected chi connectivity index (χ3v) is 6.82. The molecule has 4 heterocycles. The fourth-order valence-corrected chi connectivity index (χ4v) is 4.96. The van der Waals surface area contributed by atoms with Gasteiger partial charge in [-0.15, -0.1) is 17.9 Å². The highest BCUT2D eigenvalue weighted by Gasteiger charge is 2.31. The number of benzene rings is 1. The molecule has 2 aliphatic heterocycles. The van der Waals surface area contributed by atoms with Crippen molar-refractivity contribution in [2.24, 2.45) is 0 Å². The first-order valence-electron chi connectivity index (χ1n) is 10.9. The van der Waals surface area contributed by atoms with Crippen molar-refractivity contribution < 1.29 is 14.3 Å². The standard InChI is InChI=1S/C24H24N6O3S/c1-3-16-13-29(9-8-26-16)21-6-7-25-11-19(21)27-22(31)20-14-34-24(28-20)30-12-15-4-5-17(33-2)10-18(15)23(30)32/h3-7,10-11,14,16,26H,1,8-9,12-13H2,2H3,(H,27,31)/t16-/m0/s1. The number of thiazole rings is 1. The lowest BCUT2D eigenvalue weighted by molar-refractivity contribution is 0.0991. The molecule has 0 bridgehead atoms. The number of ether oxygens (including phenoxy) is 1. The molecule has 10 heteroatoms. The summed E-state index contributed by atoms with van der Waals surface area (Å²) in [4.78, 5) is 38.4. The summed E-state index contributed by atoms with van der Waals surface area (Å²) in [6.45, 7) is 6.66. The number of rotatable bonds is 6. The van der Waals surface area contributed by atoms with E-state index < -0.39 is 0 Å². The second kappa shape index (κ2) is 9.24. The van der Waals surface area contributed by atoms with Gasteiger partial charge in [-0.3, -0.25) is 19.5 Å². The third kappa shape index (κ3) is 4.13. The van der Waals surface area contributed by atoms with E-state index in [2.05, 4.69) is 32.1 Å². The topological polar surface area (TPSA) is 99.7 Å². The normalized spacial score (nSPS) is 17.4. The Morgan fingerprint density at radius 2 is 2.26 bits per heavy atom. The van der Waals surface area contributed by atoms with E-state index in [1.807, 2.05) is 24.3 Å². The molecule has 1 aromatic carbocycles. The van der Waals surface area contributed by atoms with Crippen molar-refractivity contribution in [2.75, 3.05) is 41.9 Å². The first-order valence-corrected chi connectivity index (χ1v) is 11.8. The summed E-state index contributed by atoms with van der Waals surface area (Å²) in [7, 11) is 1.57. The summed E-state index contributed by atoms with van der Waals surface area (Å²) in [6, 6.07) is 7.51. The second-order valence-electron chi connectivity index (χ2n) is 8.02. The van der Waals surface area contributed by atoms with Gasteiger partial charge in [0, 0.05) is 42.8 Å². The predicted octanol–water partition coefficient (Wildman–Crippen LogP) is 2.92. The number of nitrogens with zero attached hydrogens (tertiary/aromatic N) is 4. The Balaban J connectivity index is 1.32. The van der Waals surface area contributed by atoms with Gasteiger partial charge in [-0.25, -0.2) is 4.98 Å². The van der Waals surface area contributed by atoms with Crippen molar-refractivity contribution in [3.05, 3.63) is 71.5 Å². The number of carbonyl (C=O) groups is 2. The number of hydrogen-bond acceptors (Lipinski definition) is 8. The minimum Gasteiger partial charge on any atom is -0.497 e. The zero-order valence-corrected chi connectivity index (χ0v) is 19.5. The molecular weight excluding hydrogens is 452 g/mol. The van der Waals surface area contributed by atoms with Crippen LogP contribution in [0.3, 0.4) is 0 Å². The minimum absolute atomic E-state index is 0.153. The van der Waals surface area contributed by atoms with Gasteiger partial charge in [0.2, 0.25) is 0 Å².